The van der Waals surface area contributed by atoms with E-state index in [0.29, 0.717) is 17.0 Å². The molecule has 0 radical (unpaired) electrons. The molecule has 210 valence electrons. The Morgan fingerprint density at radius 3 is 2.27 bits per heavy atom. The van der Waals surface area contributed by atoms with Crippen LogP contribution in [0.2, 0.25) is 0 Å². The highest BCUT2D eigenvalue weighted by Crippen LogP contribution is 2.39. The number of benzene rings is 3. The Hall–Kier alpha value is -5.05. The zero-order chi connectivity index (χ0) is 30.1. The van der Waals surface area contributed by atoms with Crippen molar-refractivity contribution in [2.75, 3.05) is 12.0 Å². The average Bonchev–Trinajstić information content (AvgIpc) is 2.91. The van der Waals surface area contributed by atoms with Gasteiger partial charge in [-0.15, -0.1) is 0 Å². The number of carbonyl (C=O) groups is 4. The van der Waals surface area contributed by atoms with E-state index in [4.69, 9.17) is 4.74 Å². The monoisotopic (exact) mass is 633 g/mol. The van der Waals surface area contributed by atoms with Gasteiger partial charge in [-0.2, -0.15) is 13.2 Å². The Kier molecular flexibility index (Phi) is 7.91. The van der Waals surface area contributed by atoms with Crippen LogP contribution in [0.3, 0.4) is 0 Å². The lowest BCUT2D eigenvalue weighted by Crippen LogP contribution is -2.54. The Morgan fingerprint density at radius 2 is 1.68 bits per heavy atom. The highest BCUT2D eigenvalue weighted by Gasteiger charge is 2.37. The van der Waals surface area contributed by atoms with Crippen LogP contribution >= 0.6 is 15.9 Å². The van der Waals surface area contributed by atoms with E-state index in [0.717, 1.165) is 6.07 Å². The summed E-state index contributed by atoms with van der Waals surface area (Å²) in [6.45, 7) is 0. The summed E-state index contributed by atoms with van der Waals surface area (Å²) in [5.74, 6) is -3.03. The predicted octanol–water partition coefficient (Wildman–Crippen LogP) is 5.62. The summed E-state index contributed by atoms with van der Waals surface area (Å²) < 4.78 is 49.2. The zero-order valence-electron chi connectivity index (χ0n) is 20.5. The topological polar surface area (TPSA) is 145 Å². The molecule has 3 aromatic rings. The number of anilines is 1. The van der Waals surface area contributed by atoms with Gasteiger partial charge in [0.05, 0.1) is 33.3 Å². The second-order valence-electron chi connectivity index (χ2n) is 8.23. The molecule has 41 heavy (non-hydrogen) atoms. The second-order valence-corrected chi connectivity index (χ2v) is 9.08. The van der Waals surface area contributed by atoms with Crippen molar-refractivity contribution in [2.24, 2.45) is 0 Å². The van der Waals surface area contributed by atoms with E-state index in [1.165, 1.54) is 55.7 Å². The molecule has 0 saturated carbocycles. The molecule has 0 atom stereocenters. The lowest BCUT2D eigenvalue weighted by Gasteiger charge is -2.26. The van der Waals surface area contributed by atoms with Crippen LogP contribution in [0.15, 0.2) is 70.7 Å². The van der Waals surface area contributed by atoms with Crippen LogP contribution in [0.5, 0.6) is 11.5 Å². The largest absolute Gasteiger partial charge is 0.465 e. The van der Waals surface area contributed by atoms with Crippen molar-refractivity contribution in [3.05, 3.63) is 97.5 Å². The summed E-state index contributed by atoms with van der Waals surface area (Å²) in [6.07, 6.45) is -3.62. The van der Waals surface area contributed by atoms with Crippen LogP contribution in [0, 0.1) is 10.1 Å². The van der Waals surface area contributed by atoms with Gasteiger partial charge in [0, 0.05) is 6.07 Å². The molecule has 1 fully saturated rings. The minimum absolute atomic E-state index is 0.0167. The smallest absolute Gasteiger partial charge is 0.416 e. The fraction of sp³-hybridized carbons (Fsp3) is 0.0769. The number of nitrogens with zero attached hydrogens (tertiary/aromatic N) is 2. The molecule has 1 heterocycles. The molecule has 1 saturated heterocycles. The number of rotatable bonds is 6. The Bertz CT molecular complexity index is 1640. The van der Waals surface area contributed by atoms with Crippen LogP contribution in [-0.4, -0.2) is 35.8 Å². The minimum atomic E-state index is -4.80. The lowest BCUT2D eigenvalue weighted by atomic mass is 10.1. The van der Waals surface area contributed by atoms with Crippen molar-refractivity contribution < 1.29 is 46.7 Å². The molecule has 4 amide bonds. The van der Waals surface area contributed by atoms with E-state index in [1.54, 1.807) is 0 Å². The minimum Gasteiger partial charge on any atom is -0.465 e. The molecule has 1 aliphatic rings. The Morgan fingerprint density at radius 1 is 1.02 bits per heavy atom. The Labute approximate surface area is 236 Å². The third-order valence-electron chi connectivity index (χ3n) is 5.62. The molecule has 0 aromatic heterocycles. The third kappa shape index (κ3) is 6.09. The van der Waals surface area contributed by atoms with Gasteiger partial charge >= 0.3 is 23.9 Å². The standard InChI is InChI=1S/C26H15BrF3N3O8/c1-40-24(36)14-3-6-16(7-4-14)32-23(35)17(22(34)31-25(32)37)10-13-2-8-20(18(27)11-13)41-21-9-5-15(26(28,29)30)12-19(21)33(38)39/h2-12H,1H3,(H,31,34,37)/b17-10+. The van der Waals surface area contributed by atoms with Gasteiger partial charge in [-0.3, -0.25) is 25.0 Å². The van der Waals surface area contributed by atoms with Gasteiger partial charge in [-0.05, 0) is 76.1 Å². The van der Waals surface area contributed by atoms with Gasteiger partial charge in [-0.25, -0.2) is 14.5 Å². The summed E-state index contributed by atoms with van der Waals surface area (Å²) in [6, 6.07) is 10.2. The normalized spacial score (nSPS) is 14.6. The van der Waals surface area contributed by atoms with E-state index in [2.05, 4.69) is 26.0 Å². The van der Waals surface area contributed by atoms with E-state index < -0.39 is 57.5 Å². The summed E-state index contributed by atoms with van der Waals surface area (Å²) in [4.78, 5) is 60.7. The number of methoxy groups -OCH3 is 1. The third-order valence-corrected chi connectivity index (χ3v) is 6.24. The number of barbiturate groups is 1. The predicted molar refractivity (Wildman–Crippen MR) is 139 cm³/mol. The molecule has 4 rings (SSSR count). The fourth-order valence-electron chi connectivity index (χ4n) is 3.65. The number of hydrogen-bond donors (Lipinski definition) is 1. The maximum Gasteiger partial charge on any atom is 0.416 e. The van der Waals surface area contributed by atoms with Crippen molar-refractivity contribution in [3.63, 3.8) is 0 Å². The van der Waals surface area contributed by atoms with E-state index in [-0.39, 0.29) is 27.0 Å². The molecule has 1 aliphatic heterocycles. The van der Waals surface area contributed by atoms with Crippen LogP contribution in [0.4, 0.5) is 29.3 Å². The quantitative estimate of drug-likeness (QED) is 0.121. The summed E-state index contributed by atoms with van der Waals surface area (Å²) in [5.41, 5.74) is -2.05. The van der Waals surface area contributed by atoms with Crippen LogP contribution in [0.1, 0.15) is 21.5 Å². The van der Waals surface area contributed by atoms with Gasteiger partial charge in [-0.1, -0.05) is 6.07 Å². The average molecular weight is 634 g/mol. The number of ether oxygens (including phenoxy) is 2. The number of nitro groups is 1. The molecule has 0 unspecified atom stereocenters. The summed E-state index contributed by atoms with van der Waals surface area (Å²) in [5, 5.41) is 13.4. The van der Waals surface area contributed by atoms with Gasteiger partial charge in [0.1, 0.15) is 11.3 Å². The number of carbonyl (C=O) groups excluding carboxylic acids is 4. The first-order chi connectivity index (χ1) is 19.3. The number of hydrogen-bond acceptors (Lipinski definition) is 8. The molecule has 15 heteroatoms. The van der Waals surface area contributed by atoms with Crippen molar-refractivity contribution in [2.45, 2.75) is 6.18 Å². The number of nitrogens with one attached hydrogen (secondary N) is 1. The number of urea groups is 1. The number of esters is 1. The Balaban J connectivity index is 1.61. The number of alkyl halides is 3. The fourth-order valence-corrected chi connectivity index (χ4v) is 4.13. The number of amides is 4. The second kappa shape index (κ2) is 11.2. The molecular weight excluding hydrogens is 619 g/mol. The number of imide groups is 2. The maximum atomic E-state index is 13.1. The maximum absolute atomic E-state index is 13.1. The molecule has 0 bridgehead atoms. The first-order valence-electron chi connectivity index (χ1n) is 11.2. The van der Waals surface area contributed by atoms with Gasteiger partial charge < -0.3 is 9.47 Å². The lowest BCUT2D eigenvalue weighted by molar-refractivity contribution is -0.385. The van der Waals surface area contributed by atoms with Gasteiger partial charge in [0.25, 0.3) is 11.8 Å². The molecule has 1 N–H and O–H groups in total. The van der Waals surface area contributed by atoms with Gasteiger partial charge in [0.15, 0.2) is 0 Å². The van der Waals surface area contributed by atoms with Crippen molar-refractivity contribution in [1.82, 2.24) is 5.32 Å². The summed E-state index contributed by atoms with van der Waals surface area (Å²) >= 11 is 3.20. The highest BCUT2D eigenvalue weighted by atomic mass is 79.9. The SMILES string of the molecule is COC(=O)c1ccc(N2C(=O)NC(=O)/C(=C\c3ccc(Oc4ccc(C(F)(F)F)cc4[N+](=O)[O-])c(Br)c3)C2=O)cc1. The van der Waals surface area contributed by atoms with Crippen molar-refractivity contribution in [1.29, 1.82) is 0 Å². The molecule has 0 aliphatic carbocycles. The number of nitro benzene ring substituents is 1. The molecule has 11 nitrogen and oxygen atoms in total. The van der Waals surface area contributed by atoms with Crippen LogP contribution in [-0.2, 0) is 20.5 Å². The molecular formula is C26H15BrF3N3O8. The first kappa shape index (κ1) is 28.9. The molecule has 3 aromatic carbocycles. The first-order valence-corrected chi connectivity index (χ1v) is 12.0. The zero-order valence-corrected chi connectivity index (χ0v) is 22.1. The van der Waals surface area contributed by atoms with E-state index >= 15 is 0 Å². The van der Waals surface area contributed by atoms with Crippen molar-refractivity contribution >= 4 is 57.2 Å². The van der Waals surface area contributed by atoms with E-state index in [9.17, 15) is 42.5 Å². The van der Waals surface area contributed by atoms with Gasteiger partial charge in [0.2, 0.25) is 5.75 Å². The van der Waals surface area contributed by atoms with Crippen molar-refractivity contribution in [3.8, 4) is 11.5 Å². The molecule has 0 spiro atoms. The highest BCUT2D eigenvalue weighted by molar-refractivity contribution is 9.10. The number of halogens is 4. The summed E-state index contributed by atoms with van der Waals surface area (Å²) in [7, 11) is 1.19. The van der Waals surface area contributed by atoms with Crippen LogP contribution in [0.25, 0.3) is 6.08 Å². The van der Waals surface area contributed by atoms with Crippen LogP contribution < -0.4 is 15.0 Å². The van der Waals surface area contributed by atoms with E-state index in [1.807, 2.05) is 0 Å².